The molecule has 0 saturated heterocycles. The van der Waals surface area contributed by atoms with Crippen molar-refractivity contribution in [3.05, 3.63) is 59.3 Å². The molecule has 0 amide bonds. The van der Waals surface area contributed by atoms with Gasteiger partial charge in [0, 0.05) is 28.2 Å². The quantitative estimate of drug-likeness (QED) is 0.377. The molecular formula is C24H27NO4. The smallest absolute Gasteiger partial charge is 0.203 e. The van der Waals surface area contributed by atoms with E-state index in [1.807, 2.05) is 64.2 Å². The van der Waals surface area contributed by atoms with Crippen molar-refractivity contribution in [1.29, 1.82) is 0 Å². The van der Waals surface area contributed by atoms with Gasteiger partial charge in [0.15, 0.2) is 17.3 Å². The van der Waals surface area contributed by atoms with Crippen LogP contribution in [0.1, 0.15) is 43.6 Å². The first-order chi connectivity index (χ1) is 14.1. The Kier molecular flexibility index (Phi) is 6.60. The molecule has 0 spiro atoms. The zero-order valence-corrected chi connectivity index (χ0v) is 17.4. The van der Waals surface area contributed by atoms with E-state index in [0.717, 1.165) is 16.5 Å². The number of Topliss-reactive ketones (excluding diaryl/α,β-unsaturated/α-hetero) is 1. The SMILES string of the molecule is CCOc1cc(C(=O)C(C)=Cc2c[nH]c3ccccc23)cc(OCC)c1OCC. The number of para-hydroxylation sites is 1. The molecule has 1 aromatic heterocycles. The zero-order chi connectivity index (χ0) is 20.8. The van der Waals surface area contributed by atoms with Crippen molar-refractivity contribution in [1.82, 2.24) is 4.98 Å². The lowest BCUT2D eigenvalue weighted by Gasteiger charge is -2.17. The standard InChI is InChI=1S/C24H27NO4/c1-5-27-21-13-17(14-22(28-6-2)24(21)29-7-3)23(26)16(4)12-18-15-25-20-11-9-8-10-19(18)20/h8-15,25H,5-7H2,1-4H3. The molecule has 5 nitrogen and oxygen atoms in total. The fourth-order valence-electron chi connectivity index (χ4n) is 3.26. The molecule has 1 N–H and O–H groups in total. The monoisotopic (exact) mass is 393 g/mol. The minimum atomic E-state index is -0.0831. The number of hydrogen-bond acceptors (Lipinski definition) is 4. The average Bonchev–Trinajstić information content (AvgIpc) is 3.13. The van der Waals surface area contributed by atoms with Gasteiger partial charge in [-0.25, -0.2) is 0 Å². The molecule has 29 heavy (non-hydrogen) atoms. The molecule has 0 aliphatic carbocycles. The maximum Gasteiger partial charge on any atom is 0.203 e. The van der Waals surface area contributed by atoms with Crippen molar-refractivity contribution < 1.29 is 19.0 Å². The van der Waals surface area contributed by atoms with Crippen molar-refractivity contribution in [2.24, 2.45) is 0 Å². The van der Waals surface area contributed by atoms with Gasteiger partial charge in [0.2, 0.25) is 5.75 Å². The molecule has 0 fully saturated rings. The van der Waals surface area contributed by atoms with Crippen LogP contribution in [0.25, 0.3) is 17.0 Å². The number of nitrogens with one attached hydrogen (secondary N) is 1. The Morgan fingerprint density at radius 2 is 1.59 bits per heavy atom. The molecule has 0 aliphatic rings. The van der Waals surface area contributed by atoms with E-state index in [1.54, 1.807) is 12.1 Å². The highest BCUT2D eigenvalue weighted by Gasteiger charge is 2.19. The predicted octanol–water partition coefficient (Wildman–Crippen LogP) is 5.65. The minimum Gasteiger partial charge on any atom is -0.490 e. The molecule has 0 aliphatic heterocycles. The Labute approximate surface area is 171 Å². The number of ketones is 1. The van der Waals surface area contributed by atoms with Gasteiger partial charge < -0.3 is 19.2 Å². The Hall–Kier alpha value is -3.21. The third-order valence-electron chi connectivity index (χ3n) is 4.52. The van der Waals surface area contributed by atoms with E-state index < -0.39 is 0 Å². The number of benzene rings is 2. The lowest BCUT2D eigenvalue weighted by Crippen LogP contribution is -2.07. The van der Waals surface area contributed by atoms with Crippen LogP contribution >= 0.6 is 0 Å². The third kappa shape index (κ3) is 4.45. The maximum absolute atomic E-state index is 13.2. The second-order valence-electron chi connectivity index (χ2n) is 6.55. The summed E-state index contributed by atoms with van der Waals surface area (Å²) in [6.45, 7) is 8.92. The van der Waals surface area contributed by atoms with E-state index in [1.165, 1.54) is 0 Å². The number of aromatic nitrogens is 1. The molecule has 0 radical (unpaired) electrons. The fraction of sp³-hybridized carbons (Fsp3) is 0.292. The topological polar surface area (TPSA) is 60.6 Å². The van der Waals surface area contributed by atoms with Crippen molar-refractivity contribution in [2.75, 3.05) is 19.8 Å². The second-order valence-corrected chi connectivity index (χ2v) is 6.55. The summed E-state index contributed by atoms with van der Waals surface area (Å²) in [5.74, 6) is 1.48. The lowest BCUT2D eigenvalue weighted by atomic mass is 10.0. The van der Waals surface area contributed by atoms with Crippen LogP contribution in [0.15, 0.2) is 48.2 Å². The third-order valence-corrected chi connectivity index (χ3v) is 4.52. The summed E-state index contributed by atoms with van der Waals surface area (Å²) in [5, 5.41) is 1.08. The van der Waals surface area contributed by atoms with Crippen LogP contribution in [-0.4, -0.2) is 30.6 Å². The van der Waals surface area contributed by atoms with Crippen LogP contribution < -0.4 is 14.2 Å². The van der Waals surface area contributed by atoms with E-state index in [-0.39, 0.29) is 5.78 Å². The van der Waals surface area contributed by atoms with Crippen LogP contribution in [-0.2, 0) is 0 Å². The van der Waals surface area contributed by atoms with Gasteiger partial charge in [0.1, 0.15) is 0 Å². The number of rotatable bonds is 9. The summed E-state index contributed by atoms with van der Waals surface area (Å²) in [7, 11) is 0. The Balaban J connectivity index is 2.00. The van der Waals surface area contributed by atoms with Crippen LogP contribution in [0.3, 0.4) is 0 Å². The largest absolute Gasteiger partial charge is 0.490 e. The summed E-state index contributed by atoms with van der Waals surface area (Å²) < 4.78 is 17.2. The number of carbonyl (C=O) groups is 1. The summed E-state index contributed by atoms with van der Waals surface area (Å²) in [4.78, 5) is 16.4. The van der Waals surface area contributed by atoms with Crippen molar-refractivity contribution in [2.45, 2.75) is 27.7 Å². The van der Waals surface area contributed by atoms with Gasteiger partial charge in [-0.2, -0.15) is 0 Å². The average molecular weight is 393 g/mol. The number of fused-ring (bicyclic) bond motifs is 1. The molecule has 0 bridgehead atoms. The van der Waals surface area contributed by atoms with Crippen LogP contribution in [0.4, 0.5) is 0 Å². The lowest BCUT2D eigenvalue weighted by molar-refractivity contribution is 0.103. The van der Waals surface area contributed by atoms with E-state index >= 15 is 0 Å². The van der Waals surface area contributed by atoms with Crippen LogP contribution in [0.2, 0.25) is 0 Å². The Morgan fingerprint density at radius 1 is 0.966 bits per heavy atom. The number of H-pyrrole nitrogens is 1. The molecule has 1 heterocycles. The fourth-order valence-corrected chi connectivity index (χ4v) is 3.26. The molecule has 0 unspecified atom stereocenters. The van der Waals surface area contributed by atoms with E-state index in [4.69, 9.17) is 14.2 Å². The molecular weight excluding hydrogens is 366 g/mol. The van der Waals surface area contributed by atoms with Crippen molar-refractivity contribution in [3.8, 4) is 17.2 Å². The molecule has 2 aromatic carbocycles. The van der Waals surface area contributed by atoms with E-state index in [9.17, 15) is 4.79 Å². The minimum absolute atomic E-state index is 0.0831. The predicted molar refractivity (Wildman–Crippen MR) is 116 cm³/mol. The Bertz CT molecular complexity index is 1010. The van der Waals surface area contributed by atoms with Crippen molar-refractivity contribution >= 4 is 22.8 Å². The highest BCUT2D eigenvalue weighted by Crippen LogP contribution is 2.39. The number of carbonyl (C=O) groups excluding carboxylic acids is 1. The van der Waals surface area contributed by atoms with E-state index in [0.29, 0.717) is 48.2 Å². The molecule has 152 valence electrons. The number of allylic oxidation sites excluding steroid dienone is 1. The highest BCUT2D eigenvalue weighted by molar-refractivity contribution is 6.12. The van der Waals surface area contributed by atoms with Gasteiger partial charge in [-0.1, -0.05) is 18.2 Å². The first-order valence-electron chi connectivity index (χ1n) is 9.94. The summed E-state index contributed by atoms with van der Waals surface area (Å²) >= 11 is 0. The highest BCUT2D eigenvalue weighted by atomic mass is 16.5. The summed E-state index contributed by atoms with van der Waals surface area (Å²) in [6, 6.07) is 11.5. The molecule has 0 saturated carbocycles. The van der Waals surface area contributed by atoms with Gasteiger partial charge in [-0.15, -0.1) is 0 Å². The van der Waals surface area contributed by atoms with Gasteiger partial charge in [-0.3, -0.25) is 4.79 Å². The summed E-state index contributed by atoms with van der Waals surface area (Å²) in [6.07, 6.45) is 3.81. The zero-order valence-electron chi connectivity index (χ0n) is 17.4. The van der Waals surface area contributed by atoms with Gasteiger partial charge in [0.25, 0.3) is 0 Å². The van der Waals surface area contributed by atoms with Gasteiger partial charge in [0.05, 0.1) is 19.8 Å². The normalized spacial score (nSPS) is 11.5. The molecule has 5 heteroatoms. The molecule has 0 atom stereocenters. The number of aromatic amines is 1. The van der Waals surface area contributed by atoms with Gasteiger partial charge in [-0.05, 0) is 57.5 Å². The number of hydrogen-bond donors (Lipinski definition) is 1. The van der Waals surface area contributed by atoms with E-state index in [2.05, 4.69) is 4.98 Å². The van der Waals surface area contributed by atoms with Crippen LogP contribution in [0, 0.1) is 0 Å². The molecule has 3 aromatic rings. The molecule has 3 rings (SSSR count). The Morgan fingerprint density at radius 3 is 2.21 bits per heavy atom. The summed E-state index contributed by atoms with van der Waals surface area (Å²) in [5.41, 5.74) is 3.16. The van der Waals surface area contributed by atoms with Crippen molar-refractivity contribution in [3.63, 3.8) is 0 Å². The maximum atomic E-state index is 13.2. The number of ether oxygens (including phenoxy) is 3. The first kappa shape index (κ1) is 20.5. The van der Waals surface area contributed by atoms with Crippen LogP contribution in [0.5, 0.6) is 17.2 Å². The second kappa shape index (κ2) is 9.32. The first-order valence-corrected chi connectivity index (χ1v) is 9.94. The van der Waals surface area contributed by atoms with Gasteiger partial charge >= 0.3 is 0 Å².